The van der Waals surface area contributed by atoms with Crippen molar-refractivity contribution in [3.05, 3.63) is 29.8 Å². The average molecular weight is 550 g/mol. The highest BCUT2D eigenvalue weighted by Crippen LogP contribution is 2.38. The Hall–Kier alpha value is -4.05. The van der Waals surface area contributed by atoms with Crippen molar-refractivity contribution >= 4 is 17.9 Å². The molecule has 1 aromatic heterocycles. The molecule has 0 unspecified atom stereocenters. The number of nitriles is 1. The van der Waals surface area contributed by atoms with Crippen molar-refractivity contribution in [2.75, 3.05) is 19.6 Å². The molecule has 0 aliphatic carbocycles. The molecular formula is C27H35N9O4. The number of nitrogens with one attached hydrogen (secondary N) is 2. The summed E-state index contributed by atoms with van der Waals surface area (Å²) in [6.45, 7) is 8.46. The number of aromatic amines is 1. The number of alkyl carbamates (subject to hydrolysis) is 1. The standard InChI is InChI=1S/C27H35N9O4/c1-16(17-7-5-8-18(11-17)23-30-32-33-31-23)36-20-12-22(25(36)38)34(14-20)15-21(29-26(39)40-27(2,3)4)24(37)35-10-6-9-19(35)13-28/h5,7-8,11,16,19-22H,6,9-10,12,14-15H2,1-4H3,(H,29,39)(H,30,31,32,33)/t16-,19+,20+,21+,22+/m1/s1. The molecule has 3 amide bonds. The van der Waals surface area contributed by atoms with E-state index in [0.717, 1.165) is 17.5 Å². The van der Waals surface area contributed by atoms with E-state index >= 15 is 0 Å². The lowest BCUT2D eigenvalue weighted by atomic mass is 10.0. The van der Waals surface area contributed by atoms with Crippen molar-refractivity contribution in [3.8, 4) is 17.5 Å². The van der Waals surface area contributed by atoms with E-state index in [-0.39, 0.29) is 30.4 Å². The van der Waals surface area contributed by atoms with Gasteiger partial charge in [-0.1, -0.05) is 18.2 Å². The second-order valence-electron chi connectivity index (χ2n) is 11.7. The smallest absolute Gasteiger partial charge is 0.408 e. The van der Waals surface area contributed by atoms with E-state index in [2.05, 4.69) is 32.0 Å². The molecule has 0 spiro atoms. The Bertz CT molecular complexity index is 1300. The highest BCUT2D eigenvalue weighted by Gasteiger charge is 2.52. The van der Waals surface area contributed by atoms with Crippen molar-refractivity contribution in [3.63, 3.8) is 0 Å². The second-order valence-corrected chi connectivity index (χ2v) is 11.7. The summed E-state index contributed by atoms with van der Waals surface area (Å²) in [5.74, 6) is 0.154. The highest BCUT2D eigenvalue weighted by molar-refractivity contribution is 5.88. The minimum atomic E-state index is -0.937. The molecule has 3 saturated heterocycles. The number of hydrogen-bond donors (Lipinski definition) is 2. The number of amides is 3. The summed E-state index contributed by atoms with van der Waals surface area (Å²) >= 11 is 0. The van der Waals surface area contributed by atoms with Gasteiger partial charge in [0.25, 0.3) is 0 Å². The maximum absolute atomic E-state index is 13.6. The molecule has 212 valence electrons. The Kier molecular flexibility index (Phi) is 7.46. The average Bonchev–Trinajstić information content (AvgIpc) is 3.71. The summed E-state index contributed by atoms with van der Waals surface area (Å²) in [6.07, 6.45) is 1.28. The Morgan fingerprint density at radius 3 is 2.80 bits per heavy atom. The number of likely N-dealkylation sites (tertiary alicyclic amines) is 3. The molecule has 13 nitrogen and oxygen atoms in total. The SMILES string of the molecule is C[C@H](c1cccc(-c2nn[nH]n2)c1)N1C(=O)[C@@H]2C[C@H]1CN2C[C@H](NC(=O)OC(C)(C)C)C(=O)N1CCC[C@H]1C#N. The molecule has 5 rings (SSSR count). The van der Waals surface area contributed by atoms with Crippen LogP contribution in [0.15, 0.2) is 24.3 Å². The quantitative estimate of drug-likeness (QED) is 0.523. The third kappa shape index (κ3) is 5.49. The zero-order valence-electron chi connectivity index (χ0n) is 23.2. The molecule has 3 aliphatic rings. The summed E-state index contributed by atoms with van der Waals surface area (Å²) in [6, 6.07) is 7.89. The zero-order valence-corrected chi connectivity index (χ0v) is 23.2. The van der Waals surface area contributed by atoms with Gasteiger partial charge in [0.05, 0.1) is 18.2 Å². The Morgan fingerprint density at radius 2 is 2.12 bits per heavy atom. The van der Waals surface area contributed by atoms with E-state index in [0.29, 0.717) is 31.8 Å². The minimum Gasteiger partial charge on any atom is -0.444 e. The van der Waals surface area contributed by atoms with Gasteiger partial charge in [0.1, 0.15) is 17.7 Å². The molecule has 1 aromatic carbocycles. The van der Waals surface area contributed by atoms with Crippen LogP contribution in [0.5, 0.6) is 0 Å². The number of H-pyrrole nitrogens is 1. The first-order chi connectivity index (χ1) is 19.1. The fourth-order valence-corrected chi connectivity index (χ4v) is 6.02. The largest absolute Gasteiger partial charge is 0.444 e. The number of carbonyl (C=O) groups excluding carboxylic acids is 3. The first-order valence-corrected chi connectivity index (χ1v) is 13.7. The number of ether oxygens (including phenoxy) is 1. The number of piperazine rings is 1. The molecule has 2 bridgehead atoms. The predicted octanol–water partition coefficient (Wildman–Crippen LogP) is 1.62. The number of hydrogen-bond acceptors (Lipinski definition) is 9. The zero-order chi connectivity index (χ0) is 28.6. The molecule has 0 saturated carbocycles. The van der Waals surface area contributed by atoms with Gasteiger partial charge in [-0.3, -0.25) is 14.5 Å². The van der Waals surface area contributed by atoms with Gasteiger partial charge in [-0.2, -0.15) is 10.5 Å². The van der Waals surface area contributed by atoms with Crippen LogP contribution < -0.4 is 5.32 Å². The van der Waals surface area contributed by atoms with Crippen molar-refractivity contribution in [2.45, 2.75) is 82.8 Å². The third-order valence-corrected chi connectivity index (χ3v) is 7.80. The Balaban J connectivity index is 1.30. The van der Waals surface area contributed by atoms with E-state index in [1.165, 1.54) is 4.90 Å². The van der Waals surface area contributed by atoms with Crippen LogP contribution in [0.2, 0.25) is 0 Å². The maximum Gasteiger partial charge on any atom is 0.408 e. The van der Waals surface area contributed by atoms with Crippen molar-refractivity contribution in [1.29, 1.82) is 5.26 Å². The van der Waals surface area contributed by atoms with Crippen LogP contribution in [-0.2, 0) is 14.3 Å². The number of aromatic nitrogens is 4. The van der Waals surface area contributed by atoms with Crippen molar-refractivity contribution in [1.82, 2.24) is 40.6 Å². The fourth-order valence-electron chi connectivity index (χ4n) is 6.02. The monoisotopic (exact) mass is 549 g/mol. The first kappa shape index (κ1) is 27.5. The summed E-state index contributed by atoms with van der Waals surface area (Å²) in [7, 11) is 0. The summed E-state index contributed by atoms with van der Waals surface area (Å²) in [4.78, 5) is 45.3. The van der Waals surface area contributed by atoms with Crippen LogP contribution in [0.25, 0.3) is 11.4 Å². The van der Waals surface area contributed by atoms with E-state index in [4.69, 9.17) is 4.74 Å². The summed E-state index contributed by atoms with van der Waals surface area (Å²) < 4.78 is 5.42. The summed E-state index contributed by atoms with van der Waals surface area (Å²) in [5, 5.41) is 26.4. The van der Waals surface area contributed by atoms with Crippen molar-refractivity contribution in [2.24, 2.45) is 0 Å². The molecule has 2 aromatic rings. The second kappa shape index (κ2) is 10.8. The number of carbonyl (C=O) groups is 3. The van der Waals surface area contributed by atoms with Gasteiger partial charge in [0, 0.05) is 31.2 Å². The molecule has 3 aliphatic heterocycles. The molecule has 40 heavy (non-hydrogen) atoms. The van der Waals surface area contributed by atoms with Gasteiger partial charge >= 0.3 is 6.09 Å². The van der Waals surface area contributed by atoms with E-state index < -0.39 is 29.8 Å². The Morgan fingerprint density at radius 1 is 1.32 bits per heavy atom. The van der Waals surface area contributed by atoms with Crippen LogP contribution in [0, 0.1) is 11.3 Å². The molecule has 0 radical (unpaired) electrons. The molecule has 3 fully saturated rings. The summed E-state index contributed by atoms with van der Waals surface area (Å²) in [5.41, 5.74) is 1.04. The Labute approximate surface area is 232 Å². The topological polar surface area (TPSA) is 160 Å². The lowest BCUT2D eigenvalue weighted by Gasteiger charge is -2.39. The number of tetrazole rings is 1. The van der Waals surface area contributed by atoms with Gasteiger partial charge in [-0.25, -0.2) is 4.79 Å². The van der Waals surface area contributed by atoms with Crippen LogP contribution in [0.1, 0.15) is 58.6 Å². The first-order valence-electron chi connectivity index (χ1n) is 13.7. The number of rotatable bonds is 7. The molecular weight excluding hydrogens is 514 g/mol. The number of nitrogens with zero attached hydrogens (tertiary/aromatic N) is 7. The van der Waals surface area contributed by atoms with Crippen molar-refractivity contribution < 1.29 is 19.1 Å². The molecule has 4 heterocycles. The van der Waals surface area contributed by atoms with E-state index in [1.54, 1.807) is 20.8 Å². The minimum absolute atomic E-state index is 0.00625. The fraction of sp³-hybridized carbons (Fsp3) is 0.593. The van der Waals surface area contributed by atoms with E-state index in [1.807, 2.05) is 41.0 Å². The lowest BCUT2D eigenvalue weighted by molar-refractivity contribution is -0.141. The predicted molar refractivity (Wildman–Crippen MR) is 142 cm³/mol. The van der Waals surface area contributed by atoms with Gasteiger partial charge in [-0.15, -0.1) is 10.2 Å². The third-order valence-electron chi connectivity index (χ3n) is 7.80. The van der Waals surface area contributed by atoms with Crippen LogP contribution in [-0.4, -0.2) is 103 Å². The normalized spacial score (nSPS) is 24.2. The number of benzene rings is 1. The lowest BCUT2D eigenvalue weighted by Crippen LogP contribution is -2.59. The molecule has 2 N–H and O–H groups in total. The van der Waals surface area contributed by atoms with Gasteiger partial charge in [0.2, 0.25) is 17.6 Å². The van der Waals surface area contributed by atoms with Gasteiger partial charge in [0.15, 0.2) is 0 Å². The van der Waals surface area contributed by atoms with Crippen LogP contribution in [0.4, 0.5) is 4.79 Å². The molecule has 5 atom stereocenters. The van der Waals surface area contributed by atoms with Gasteiger partial charge < -0.3 is 19.9 Å². The van der Waals surface area contributed by atoms with Crippen LogP contribution in [0.3, 0.4) is 0 Å². The van der Waals surface area contributed by atoms with Crippen LogP contribution >= 0.6 is 0 Å². The van der Waals surface area contributed by atoms with Gasteiger partial charge in [-0.05, 0) is 63.8 Å². The van der Waals surface area contributed by atoms with E-state index in [9.17, 15) is 19.6 Å². The number of fused-ring (bicyclic) bond motifs is 2. The highest BCUT2D eigenvalue weighted by atomic mass is 16.6. The molecule has 13 heteroatoms. The maximum atomic E-state index is 13.6.